The summed E-state index contributed by atoms with van der Waals surface area (Å²) in [5, 5.41) is 0. The van der Waals surface area contributed by atoms with E-state index in [2.05, 4.69) is 4.98 Å². The summed E-state index contributed by atoms with van der Waals surface area (Å²) in [5.41, 5.74) is -0.250. The molecule has 0 aliphatic heterocycles. The second-order valence-corrected chi connectivity index (χ2v) is 3.20. The molecule has 3 heteroatoms. The number of aromatic nitrogens is 1. The molecule has 0 bridgehead atoms. The number of carbonyl (C=O) groups excluding carboxylic acids is 1. The summed E-state index contributed by atoms with van der Waals surface area (Å²) < 4.78 is 12.7. The van der Waals surface area contributed by atoms with Crippen molar-refractivity contribution in [3.63, 3.8) is 0 Å². The second-order valence-electron chi connectivity index (χ2n) is 3.20. The van der Waals surface area contributed by atoms with E-state index in [-0.39, 0.29) is 5.82 Å². The Hall–Kier alpha value is -1.25. The Bertz CT molecular complexity index is 296. The van der Waals surface area contributed by atoms with Crippen molar-refractivity contribution >= 4 is 6.29 Å². The maximum atomic E-state index is 12.7. The van der Waals surface area contributed by atoms with Crippen molar-refractivity contribution in [3.05, 3.63) is 29.8 Å². The van der Waals surface area contributed by atoms with Crippen molar-refractivity contribution in [2.24, 2.45) is 0 Å². The maximum absolute atomic E-state index is 12.7. The van der Waals surface area contributed by atoms with E-state index in [4.69, 9.17) is 0 Å². The van der Waals surface area contributed by atoms with Crippen molar-refractivity contribution in [2.45, 2.75) is 19.3 Å². The second kappa shape index (κ2) is 3.01. The van der Waals surface area contributed by atoms with Crippen LogP contribution in [0.5, 0.6) is 0 Å². The summed E-state index contributed by atoms with van der Waals surface area (Å²) in [5.74, 6) is -0.366. The lowest BCUT2D eigenvalue weighted by Crippen LogP contribution is -2.20. The normalized spacial score (nSPS) is 11.2. The van der Waals surface area contributed by atoms with Crippen LogP contribution in [0, 0.1) is 5.82 Å². The van der Waals surface area contributed by atoms with Gasteiger partial charge < -0.3 is 4.79 Å². The average Bonchev–Trinajstić information content (AvgIpc) is 2.05. The van der Waals surface area contributed by atoms with Crippen LogP contribution >= 0.6 is 0 Å². The molecule has 0 aliphatic rings. The van der Waals surface area contributed by atoms with E-state index in [1.165, 1.54) is 18.3 Å². The smallest absolute Gasteiger partial charge is 0.131 e. The molecule has 0 N–H and O–H groups in total. The van der Waals surface area contributed by atoms with Gasteiger partial charge >= 0.3 is 0 Å². The molecule has 0 fully saturated rings. The number of hydrogen-bond acceptors (Lipinski definition) is 2. The van der Waals surface area contributed by atoms with E-state index in [1.54, 1.807) is 13.8 Å². The fourth-order valence-corrected chi connectivity index (χ4v) is 0.818. The van der Waals surface area contributed by atoms with Crippen LogP contribution in [0.2, 0.25) is 0 Å². The number of carbonyl (C=O) groups is 1. The van der Waals surface area contributed by atoms with Gasteiger partial charge in [-0.3, -0.25) is 4.98 Å². The lowest BCUT2D eigenvalue weighted by atomic mass is 9.91. The third-order valence-corrected chi connectivity index (χ3v) is 1.68. The zero-order valence-corrected chi connectivity index (χ0v) is 7.04. The maximum Gasteiger partial charge on any atom is 0.131 e. The molecule has 0 aromatic carbocycles. The molecule has 2 nitrogen and oxygen atoms in total. The first-order valence-corrected chi connectivity index (χ1v) is 3.64. The third kappa shape index (κ3) is 1.67. The molecule has 0 aliphatic carbocycles. The minimum Gasteiger partial charge on any atom is -0.302 e. The van der Waals surface area contributed by atoms with Crippen molar-refractivity contribution < 1.29 is 9.18 Å². The first kappa shape index (κ1) is 8.84. The van der Waals surface area contributed by atoms with Crippen LogP contribution in [0.4, 0.5) is 4.39 Å². The molecule has 0 radical (unpaired) electrons. The van der Waals surface area contributed by atoms with Crippen molar-refractivity contribution in [2.75, 3.05) is 0 Å². The van der Waals surface area contributed by atoms with E-state index in [0.717, 1.165) is 6.29 Å². The van der Waals surface area contributed by atoms with Gasteiger partial charge in [0, 0.05) is 6.20 Å². The number of pyridine rings is 1. The molecular weight excluding hydrogens is 157 g/mol. The lowest BCUT2D eigenvalue weighted by Gasteiger charge is -2.15. The van der Waals surface area contributed by atoms with Crippen LogP contribution in [0.25, 0.3) is 0 Å². The van der Waals surface area contributed by atoms with Crippen molar-refractivity contribution in [1.29, 1.82) is 0 Å². The van der Waals surface area contributed by atoms with E-state index >= 15 is 0 Å². The molecular formula is C9H10FNO. The number of hydrogen-bond donors (Lipinski definition) is 0. The highest BCUT2D eigenvalue weighted by atomic mass is 19.1. The predicted molar refractivity (Wildman–Crippen MR) is 43.3 cm³/mol. The Balaban J connectivity index is 3.11. The summed E-state index contributed by atoms with van der Waals surface area (Å²) >= 11 is 0. The van der Waals surface area contributed by atoms with Crippen LogP contribution in [-0.2, 0) is 10.2 Å². The van der Waals surface area contributed by atoms with Crippen LogP contribution in [0.15, 0.2) is 18.3 Å². The molecule has 0 spiro atoms. The van der Waals surface area contributed by atoms with Gasteiger partial charge in [0.1, 0.15) is 12.1 Å². The van der Waals surface area contributed by atoms with Gasteiger partial charge in [-0.2, -0.15) is 0 Å². The summed E-state index contributed by atoms with van der Waals surface area (Å²) in [6.07, 6.45) is 2.12. The predicted octanol–water partition coefficient (Wildman–Crippen LogP) is 1.70. The Morgan fingerprint density at radius 2 is 2.25 bits per heavy atom. The molecule has 0 unspecified atom stereocenters. The minimum absolute atomic E-state index is 0.366. The molecule has 0 atom stereocenters. The van der Waals surface area contributed by atoms with Crippen molar-refractivity contribution in [3.8, 4) is 0 Å². The minimum atomic E-state index is -0.706. The van der Waals surface area contributed by atoms with Gasteiger partial charge in [0.05, 0.1) is 11.1 Å². The number of nitrogens with zero attached hydrogens (tertiary/aromatic N) is 1. The SMILES string of the molecule is CC(C)(C=O)c1cc(F)ccn1. The van der Waals surface area contributed by atoms with Gasteiger partial charge in [-0.15, -0.1) is 0 Å². The zero-order chi connectivity index (χ0) is 9.19. The first-order chi connectivity index (χ1) is 5.56. The fourth-order valence-electron chi connectivity index (χ4n) is 0.818. The Kier molecular flexibility index (Phi) is 2.22. The van der Waals surface area contributed by atoms with Gasteiger partial charge in [0.25, 0.3) is 0 Å². The molecule has 1 aromatic rings. The standard InChI is InChI=1S/C9H10FNO/c1-9(2,6-12)8-5-7(10)3-4-11-8/h3-6H,1-2H3. The van der Waals surface area contributed by atoms with E-state index in [9.17, 15) is 9.18 Å². The number of halogens is 1. The number of rotatable bonds is 2. The van der Waals surface area contributed by atoms with Crippen LogP contribution in [0.1, 0.15) is 19.5 Å². The molecule has 12 heavy (non-hydrogen) atoms. The Morgan fingerprint density at radius 1 is 1.58 bits per heavy atom. The van der Waals surface area contributed by atoms with E-state index in [1.807, 2.05) is 0 Å². The quantitative estimate of drug-likeness (QED) is 0.627. The Labute approximate surface area is 70.4 Å². The van der Waals surface area contributed by atoms with Crippen LogP contribution in [0.3, 0.4) is 0 Å². The van der Waals surface area contributed by atoms with Gasteiger partial charge in [0.2, 0.25) is 0 Å². The molecule has 1 heterocycles. The highest BCUT2D eigenvalue weighted by Gasteiger charge is 2.21. The van der Waals surface area contributed by atoms with Crippen LogP contribution in [-0.4, -0.2) is 11.3 Å². The molecule has 64 valence electrons. The van der Waals surface area contributed by atoms with E-state index in [0.29, 0.717) is 5.69 Å². The Morgan fingerprint density at radius 3 is 2.75 bits per heavy atom. The highest BCUT2D eigenvalue weighted by molar-refractivity contribution is 5.65. The molecule has 1 aromatic heterocycles. The lowest BCUT2D eigenvalue weighted by molar-refractivity contribution is -0.111. The number of aldehydes is 1. The summed E-state index contributed by atoms with van der Waals surface area (Å²) in [4.78, 5) is 14.5. The van der Waals surface area contributed by atoms with Gasteiger partial charge in [-0.25, -0.2) is 4.39 Å². The van der Waals surface area contributed by atoms with Gasteiger partial charge in [-0.1, -0.05) is 0 Å². The summed E-state index contributed by atoms with van der Waals surface area (Å²) in [7, 11) is 0. The topological polar surface area (TPSA) is 30.0 Å². The zero-order valence-electron chi connectivity index (χ0n) is 7.04. The molecule has 0 saturated heterocycles. The van der Waals surface area contributed by atoms with Gasteiger partial charge in [0.15, 0.2) is 0 Å². The summed E-state index contributed by atoms with van der Waals surface area (Å²) in [6, 6.07) is 2.53. The molecule has 1 rings (SSSR count). The third-order valence-electron chi connectivity index (χ3n) is 1.68. The highest BCUT2D eigenvalue weighted by Crippen LogP contribution is 2.18. The fraction of sp³-hybridized carbons (Fsp3) is 0.333. The van der Waals surface area contributed by atoms with Crippen LogP contribution < -0.4 is 0 Å². The van der Waals surface area contributed by atoms with Gasteiger partial charge in [-0.05, 0) is 26.0 Å². The van der Waals surface area contributed by atoms with Crippen molar-refractivity contribution in [1.82, 2.24) is 4.98 Å². The monoisotopic (exact) mass is 167 g/mol. The average molecular weight is 167 g/mol. The first-order valence-electron chi connectivity index (χ1n) is 3.64. The summed E-state index contributed by atoms with van der Waals surface area (Å²) in [6.45, 7) is 3.39. The molecule has 0 saturated carbocycles. The van der Waals surface area contributed by atoms with E-state index < -0.39 is 5.41 Å². The molecule has 0 amide bonds. The largest absolute Gasteiger partial charge is 0.302 e.